The van der Waals surface area contributed by atoms with Crippen molar-refractivity contribution in [2.45, 2.75) is 12.3 Å². The molecule has 2 heterocycles. The number of aromatic nitrogens is 2. The number of hydrogen-bond donors (Lipinski definition) is 0. The molecule has 0 amide bonds. The molecular weight excluding hydrogens is 709 g/mol. The molecule has 11 rings (SSSR count). The Hall–Kier alpha value is -6.94. The maximum Gasteiger partial charge on any atom is 0.160 e. The van der Waals surface area contributed by atoms with Gasteiger partial charge < -0.3 is 0 Å². The van der Waals surface area contributed by atoms with E-state index >= 15 is 0 Å². The molecule has 1 aliphatic carbocycles. The van der Waals surface area contributed by atoms with Crippen LogP contribution in [0.5, 0.6) is 0 Å². The largest absolute Gasteiger partial charge is 0.228 e. The van der Waals surface area contributed by atoms with Gasteiger partial charge in [0.05, 0.1) is 11.4 Å². The second-order valence-corrected chi connectivity index (χ2v) is 16.1. The van der Waals surface area contributed by atoms with Crippen molar-refractivity contribution in [1.82, 2.24) is 9.97 Å². The van der Waals surface area contributed by atoms with Gasteiger partial charge in [-0.25, -0.2) is 9.97 Å². The molecule has 0 saturated heterocycles. The minimum Gasteiger partial charge on any atom is -0.228 e. The monoisotopic (exact) mass is 744 g/mol. The van der Waals surface area contributed by atoms with Gasteiger partial charge in [0, 0.05) is 42.3 Å². The van der Waals surface area contributed by atoms with Crippen LogP contribution in [0.4, 0.5) is 0 Å². The van der Waals surface area contributed by atoms with E-state index in [1.54, 1.807) is 0 Å². The number of hydrogen-bond acceptors (Lipinski definition) is 3. The Balaban J connectivity index is 1.03. The molecule has 1 aliphatic rings. The summed E-state index contributed by atoms with van der Waals surface area (Å²) in [4.78, 5) is 10.5. The summed E-state index contributed by atoms with van der Waals surface area (Å²) in [5, 5.41) is 2.64. The molecule has 2 nitrogen and oxygen atoms in total. The summed E-state index contributed by atoms with van der Waals surface area (Å²) in [6, 6.07) is 72.2. The van der Waals surface area contributed by atoms with Crippen LogP contribution in [0.2, 0.25) is 0 Å². The zero-order chi connectivity index (χ0) is 37.9. The Labute approximate surface area is 336 Å². The van der Waals surface area contributed by atoms with Gasteiger partial charge >= 0.3 is 0 Å². The fourth-order valence-corrected chi connectivity index (χ4v) is 10.1. The Morgan fingerprint density at radius 3 is 1.75 bits per heavy atom. The Kier molecular flexibility index (Phi) is 7.84. The summed E-state index contributed by atoms with van der Waals surface area (Å²) in [5.41, 5.74) is 15.9. The SMILES string of the molecule is CC1(c2ccccc2)c2ccccc2-c2ccc(-c3cc(-c4cccc(-c5cccc(-c6cccc7sc8ccccc8c67)c5)c4)nc(-c4ccccc4)n3)cc21. The average molecular weight is 745 g/mol. The van der Waals surface area contributed by atoms with E-state index in [2.05, 4.69) is 201 Å². The van der Waals surface area contributed by atoms with Crippen molar-refractivity contribution in [1.29, 1.82) is 0 Å². The molecule has 10 aromatic rings. The zero-order valence-corrected chi connectivity index (χ0v) is 32.2. The summed E-state index contributed by atoms with van der Waals surface area (Å²) in [7, 11) is 0. The molecule has 0 N–H and O–H groups in total. The van der Waals surface area contributed by atoms with Crippen molar-refractivity contribution in [3.05, 3.63) is 217 Å². The van der Waals surface area contributed by atoms with Crippen LogP contribution in [0.1, 0.15) is 23.6 Å². The van der Waals surface area contributed by atoms with Gasteiger partial charge in [0.1, 0.15) is 0 Å². The molecule has 1 atom stereocenters. The summed E-state index contributed by atoms with van der Waals surface area (Å²) in [6.45, 7) is 2.36. The maximum absolute atomic E-state index is 5.25. The highest BCUT2D eigenvalue weighted by Gasteiger charge is 2.40. The van der Waals surface area contributed by atoms with Crippen LogP contribution >= 0.6 is 11.3 Å². The van der Waals surface area contributed by atoms with Gasteiger partial charge in [0.2, 0.25) is 0 Å². The van der Waals surface area contributed by atoms with Crippen LogP contribution in [-0.4, -0.2) is 9.97 Å². The van der Waals surface area contributed by atoms with Gasteiger partial charge in [-0.05, 0) is 93.4 Å². The topological polar surface area (TPSA) is 25.8 Å². The molecule has 8 aromatic carbocycles. The highest BCUT2D eigenvalue weighted by atomic mass is 32.1. The molecule has 268 valence electrons. The van der Waals surface area contributed by atoms with E-state index < -0.39 is 0 Å². The minimum atomic E-state index is -0.299. The van der Waals surface area contributed by atoms with Crippen molar-refractivity contribution in [2.75, 3.05) is 0 Å². The molecule has 3 heteroatoms. The van der Waals surface area contributed by atoms with Crippen LogP contribution in [-0.2, 0) is 5.41 Å². The fraction of sp³-hybridized carbons (Fsp3) is 0.0370. The third-order valence-corrected chi connectivity index (χ3v) is 12.9. The summed E-state index contributed by atoms with van der Waals surface area (Å²) in [6.07, 6.45) is 0. The highest BCUT2D eigenvalue weighted by molar-refractivity contribution is 7.25. The molecular formula is C54H36N2S. The van der Waals surface area contributed by atoms with Crippen molar-refractivity contribution < 1.29 is 0 Å². The molecule has 2 aromatic heterocycles. The van der Waals surface area contributed by atoms with E-state index in [1.807, 2.05) is 17.4 Å². The number of rotatable bonds is 6. The Morgan fingerprint density at radius 2 is 0.947 bits per heavy atom. The molecule has 0 bridgehead atoms. The van der Waals surface area contributed by atoms with Crippen LogP contribution in [0.15, 0.2) is 200 Å². The third-order valence-electron chi connectivity index (χ3n) is 11.8. The van der Waals surface area contributed by atoms with Crippen LogP contribution in [0.3, 0.4) is 0 Å². The predicted octanol–water partition coefficient (Wildman–Crippen LogP) is 14.5. The minimum absolute atomic E-state index is 0.299. The summed E-state index contributed by atoms with van der Waals surface area (Å²) < 4.78 is 2.63. The zero-order valence-electron chi connectivity index (χ0n) is 31.4. The number of thiophene rings is 1. The maximum atomic E-state index is 5.25. The van der Waals surface area contributed by atoms with Gasteiger partial charge in [-0.2, -0.15) is 0 Å². The lowest BCUT2D eigenvalue weighted by Crippen LogP contribution is -2.22. The van der Waals surface area contributed by atoms with Crippen molar-refractivity contribution in [3.8, 4) is 67.3 Å². The first kappa shape index (κ1) is 33.4. The highest BCUT2D eigenvalue weighted by Crippen LogP contribution is 2.53. The molecule has 0 fully saturated rings. The van der Waals surface area contributed by atoms with Crippen molar-refractivity contribution in [2.24, 2.45) is 0 Å². The number of benzene rings is 8. The van der Waals surface area contributed by atoms with E-state index in [9.17, 15) is 0 Å². The van der Waals surface area contributed by atoms with Gasteiger partial charge in [0.15, 0.2) is 5.82 Å². The lowest BCUT2D eigenvalue weighted by molar-refractivity contribution is 0.714. The second kappa shape index (κ2) is 13.4. The molecule has 1 unspecified atom stereocenters. The fourth-order valence-electron chi connectivity index (χ4n) is 8.93. The lowest BCUT2D eigenvalue weighted by atomic mass is 9.74. The van der Waals surface area contributed by atoms with Crippen LogP contribution in [0, 0.1) is 0 Å². The normalized spacial score (nSPS) is 14.5. The van der Waals surface area contributed by atoms with Gasteiger partial charge in [-0.15, -0.1) is 11.3 Å². The Bertz CT molecular complexity index is 3140. The smallest absolute Gasteiger partial charge is 0.160 e. The van der Waals surface area contributed by atoms with Crippen LogP contribution in [0.25, 0.3) is 87.5 Å². The summed E-state index contributed by atoms with van der Waals surface area (Å²) >= 11 is 1.86. The predicted molar refractivity (Wildman–Crippen MR) is 240 cm³/mol. The summed E-state index contributed by atoms with van der Waals surface area (Å²) in [5.74, 6) is 0.709. The van der Waals surface area contributed by atoms with Crippen molar-refractivity contribution in [3.63, 3.8) is 0 Å². The van der Waals surface area contributed by atoms with Gasteiger partial charge in [0.25, 0.3) is 0 Å². The van der Waals surface area contributed by atoms with E-state index in [0.717, 1.165) is 33.6 Å². The number of fused-ring (bicyclic) bond motifs is 6. The van der Waals surface area contributed by atoms with Gasteiger partial charge in [-0.3, -0.25) is 0 Å². The molecule has 0 saturated carbocycles. The molecule has 0 radical (unpaired) electrons. The Morgan fingerprint density at radius 1 is 0.386 bits per heavy atom. The first-order valence-corrected chi connectivity index (χ1v) is 20.3. The average Bonchev–Trinajstić information content (AvgIpc) is 3.80. The molecule has 0 aliphatic heterocycles. The molecule has 57 heavy (non-hydrogen) atoms. The van der Waals surface area contributed by atoms with Crippen molar-refractivity contribution >= 4 is 31.5 Å². The van der Waals surface area contributed by atoms with Gasteiger partial charge in [-0.1, -0.05) is 164 Å². The first-order chi connectivity index (χ1) is 28.1. The second-order valence-electron chi connectivity index (χ2n) is 15.1. The van der Waals surface area contributed by atoms with Crippen LogP contribution < -0.4 is 0 Å². The van der Waals surface area contributed by atoms with E-state index in [1.165, 1.54) is 64.7 Å². The lowest BCUT2D eigenvalue weighted by Gasteiger charge is -2.28. The number of nitrogens with zero attached hydrogens (tertiary/aromatic N) is 2. The standard InChI is InChI=1S/C54H36N2S/c1-54(41-21-6-3-7-22-41)46-26-10-8-23-43(46)44-30-29-40(33-47(44)54)49-34-48(55-53(56-49)35-15-4-2-5-16-35)39-20-13-18-37(32-39)36-17-12-19-38(31-36)42-25-14-28-51-52(42)45-24-9-11-27-50(45)57-51/h2-34H,1H3. The quantitative estimate of drug-likeness (QED) is 0.169. The molecule has 0 spiro atoms. The van der Waals surface area contributed by atoms with E-state index in [4.69, 9.17) is 9.97 Å². The van der Waals surface area contributed by atoms with E-state index in [0.29, 0.717) is 5.82 Å². The first-order valence-electron chi connectivity index (χ1n) is 19.5. The third kappa shape index (κ3) is 5.54. The van der Waals surface area contributed by atoms with E-state index in [-0.39, 0.29) is 5.41 Å².